The fourth-order valence-electron chi connectivity index (χ4n) is 2.63. The molecular formula is C15H31N. The summed E-state index contributed by atoms with van der Waals surface area (Å²) >= 11 is 0. The highest BCUT2D eigenvalue weighted by Gasteiger charge is 2.19. The second kappa shape index (κ2) is 7.32. The lowest BCUT2D eigenvalue weighted by Gasteiger charge is -2.36. The van der Waals surface area contributed by atoms with Crippen molar-refractivity contribution in [2.75, 3.05) is 13.1 Å². The first kappa shape index (κ1) is 14.0. The minimum Gasteiger partial charge on any atom is -0.298 e. The van der Waals surface area contributed by atoms with Gasteiger partial charge in [-0.1, -0.05) is 44.9 Å². The SMILES string of the molecule is CC(C)(C)N1CCCCCCCCCCC1. The zero-order chi connectivity index (χ0) is 11.9. The molecule has 1 aliphatic rings. The first-order chi connectivity index (χ1) is 7.61. The van der Waals surface area contributed by atoms with E-state index in [2.05, 4.69) is 25.7 Å². The van der Waals surface area contributed by atoms with E-state index in [-0.39, 0.29) is 0 Å². The predicted molar refractivity (Wildman–Crippen MR) is 72.9 cm³/mol. The van der Waals surface area contributed by atoms with Crippen LogP contribution in [0.15, 0.2) is 0 Å². The normalized spacial score (nSPS) is 23.4. The summed E-state index contributed by atoms with van der Waals surface area (Å²) in [6.07, 6.45) is 13.0. The highest BCUT2D eigenvalue weighted by Crippen LogP contribution is 2.18. The van der Waals surface area contributed by atoms with Crippen LogP contribution in [0.4, 0.5) is 0 Å². The largest absolute Gasteiger partial charge is 0.298 e. The van der Waals surface area contributed by atoms with Gasteiger partial charge >= 0.3 is 0 Å². The van der Waals surface area contributed by atoms with Crippen molar-refractivity contribution in [3.05, 3.63) is 0 Å². The summed E-state index contributed by atoms with van der Waals surface area (Å²) in [6.45, 7) is 9.70. The Kier molecular flexibility index (Phi) is 6.41. The lowest BCUT2D eigenvalue weighted by atomic mass is 10.0. The summed E-state index contributed by atoms with van der Waals surface area (Å²) in [5.74, 6) is 0. The highest BCUT2D eigenvalue weighted by atomic mass is 15.2. The van der Waals surface area contributed by atoms with Crippen molar-refractivity contribution in [1.82, 2.24) is 4.90 Å². The molecule has 1 heterocycles. The molecule has 0 bridgehead atoms. The Morgan fingerprint density at radius 2 is 0.875 bits per heavy atom. The lowest BCUT2D eigenvalue weighted by Crippen LogP contribution is -2.42. The Hall–Kier alpha value is -0.0400. The molecule has 0 spiro atoms. The minimum absolute atomic E-state index is 0.365. The molecule has 1 rings (SSSR count). The number of nitrogens with zero attached hydrogens (tertiary/aromatic N) is 1. The number of hydrogen-bond acceptors (Lipinski definition) is 1. The van der Waals surface area contributed by atoms with Crippen molar-refractivity contribution >= 4 is 0 Å². The van der Waals surface area contributed by atoms with Crippen molar-refractivity contribution in [2.45, 2.75) is 84.1 Å². The average Bonchev–Trinajstić information content (AvgIpc) is 2.16. The van der Waals surface area contributed by atoms with Crippen LogP contribution in [-0.2, 0) is 0 Å². The summed E-state index contributed by atoms with van der Waals surface area (Å²) < 4.78 is 0. The van der Waals surface area contributed by atoms with E-state index in [9.17, 15) is 0 Å². The minimum atomic E-state index is 0.365. The molecule has 0 unspecified atom stereocenters. The number of hydrogen-bond donors (Lipinski definition) is 0. The van der Waals surface area contributed by atoms with Crippen LogP contribution in [0.25, 0.3) is 0 Å². The molecule has 0 aromatic carbocycles. The highest BCUT2D eigenvalue weighted by molar-refractivity contribution is 4.76. The van der Waals surface area contributed by atoms with Gasteiger partial charge in [0.2, 0.25) is 0 Å². The lowest BCUT2D eigenvalue weighted by molar-refractivity contribution is 0.130. The Morgan fingerprint density at radius 3 is 1.19 bits per heavy atom. The summed E-state index contributed by atoms with van der Waals surface area (Å²) in [4.78, 5) is 2.69. The van der Waals surface area contributed by atoms with Crippen LogP contribution in [0.2, 0.25) is 0 Å². The molecule has 1 heteroatoms. The molecule has 0 saturated carbocycles. The summed E-state index contributed by atoms with van der Waals surface area (Å²) in [7, 11) is 0. The molecule has 1 saturated heterocycles. The first-order valence-corrected chi connectivity index (χ1v) is 7.36. The van der Waals surface area contributed by atoms with Gasteiger partial charge in [-0.05, 0) is 46.7 Å². The van der Waals surface area contributed by atoms with E-state index in [4.69, 9.17) is 0 Å². The maximum Gasteiger partial charge on any atom is 0.0125 e. The van der Waals surface area contributed by atoms with Gasteiger partial charge in [-0.25, -0.2) is 0 Å². The van der Waals surface area contributed by atoms with Crippen LogP contribution in [0.1, 0.15) is 78.6 Å². The van der Waals surface area contributed by atoms with Crippen LogP contribution in [0.5, 0.6) is 0 Å². The van der Waals surface area contributed by atoms with Gasteiger partial charge in [-0.15, -0.1) is 0 Å². The fraction of sp³-hybridized carbons (Fsp3) is 1.00. The third-order valence-corrected chi connectivity index (χ3v) is 3.80. The van der Waals surface area contributed by atoms with Crippen LogP contribution in [0, 0.1) is 0 Å². The van der Waals surface area contributed by atoms with Crippen molar-refractivity contribution < 1.29 is 0 Å². The summed E-state index contributed by atoms with van der Waals surface area (Å²) in [6, 6.07) is 0. The maximum absolute atomic E-state index is 2.69. The van der Waals surface area contributed by atoms with Gasteiger partial charge in [-0.3, -0.25) is 4.90 Å². The molecule has 0 radical (unpaired) electrons. The van der Waals surface area contributed by atoms with Crippen molar-refractivity contribution in [2.24, 2.45) is 0 Å². The van der Waals surface area contributed by atoms with Crippen molar-refractivity contribution in [3.63, 3.8) is 0 Å². The third kappa shape index (κ3) is 5.89. The standard InChI is InChI=1S/C15H31N/c1-15(2,3)16-13-11-9-7-5-4-6-8-10-12-14-16/h4-14H2,1-3H3. The third-order valence-electron chi connectivity index (χ3n) is 3.80. The van der Waals surface area contributed by atoms with E-state index in [0.717, 1.165) is 0 Å². The molecule has 1 nitrogen and oxygen atoms in total. The zero-order valence-corrected chi connectivity index (χ0v) is 11.7. The Labute approximate surface area is 103 Å². The van der Waals surface area contributed by atoms with E-state index in [0.29, 0.717) is 5.54 Å². The quantitative estimate of drug-likeness (QED) is 0.582. The van der Waals surface area contributed by atoms with Gasteiger partial charge in [0.05, 0.1) is 0 Å². The summed E-state index contributed by atoms with van der Waals surface area (Å²) in [5, 5.41) is 0. The average molecular weight is 225 g/mol. The molecule has 0 aromatic heterocycles. The molecule has 0 atom stereocenters. The van der Waals surface area contributed by atoms with Crippen LogP contribution < -0.4 is 0 Å². The number of rotatable bonds is 0. The van der Waals surface area contributed by atoms with Gasteiger partial charge < -0.3 is 0 Å². The Morgan fingerprint density at radius 1 is 0.562 bits per heavy atom. The van der Waals surface area contributed by atoms with Crippen molar-refractivity contribution in [1.29, 1.82) is 0 Å². The maximum atomic E-state index is 2.69. The van der Waals surface area contributed by atoms with Gasteiger partial charge in [0.1, 0.15) is 0 Å². The molecule has 0 N–H and O–H groups in total. The first-order valence-electron chi connectivity index (χ1n) is 7.36. The van der Waals surface area contributed by atoms with Crippen LogP contribution in [-0.4, -0.2) is 23.5 Å². The van der Waals surface area contributed by atoms with Gasteiger partial charge in [-0.2, -0.15) is 0 Å². The fourth-order valence-corrected chi connectivity index (χ4v) is 2.63. The second-order valence-corrected chi connectivity index (χ2v) is 6.34. The molecule has 0 amide bonds. The van der Waals surface area contributed by atoms with Gasteiger partial charge in [0, 0.05) is 5.54 Å². The Bertz CT molecular complexity index is 157. The molecule has 1 aliphatic heterocycles. The monoisotopic (exact) mass is 225 g/mol. The molecule has 1 fully saturated rings. The van der Waals surface area contributed by atoms with E-state index in [1.54, 1.807) is 0 Å². The molecule has 0 aromatic rings. The summed E-state index contributed by atoms with van der Waals surface area (Å²) in [5.41, 5.74) is 0.365. The van der Waals surface area contributed by atoms with E-state index in [1.165, 1.54) is 70.9 Å². The second-order valence-electron chi connectivity index (χ2n) is 6.34. The van der Waals surface area contributed by atoms with Crippen LogP contribution in [0.3, 0.4) is 0 Å². The predicted octanol–water partition coefficient (Wildman–Crippen LogP) is 4.61. The van der Waals surface area contributed by atoms with Gasteiger partial charge in [0.15, 0.2) is 0 Å². The molecular weight excluding hydrogens is 194 g/mol. The Balaban J connectivity index is 2.36. The molecule has 96 valence electrons. The van der Waals surface area contributed by atoms with Gasteiger partial charge in [0.25, 0.3) is 0 Å². The smallest absolute Gasteiger partial charge is 0.0125 e. The zero-order valence-electron chi connectivity index (χ0n) is 11.7. The van der Waals surface area contributed by atoms with E-state index in [1.807, 2.05) is 0 Å². The molecule has 0 aliphatic carbocycles. The van der Waals surface area contributed by atoms with Crippen molar-refractivity contribution in [3.8, 4) is 0 Å². The topological polar surface area (TPSA) is 3.24 Å². The molecule has 16 heavy (non-hydrogen) atoms. The van der Waals surface area contributed by atoms with E-state index >= 15 is 0 Å². The van der Waals surface area contributed by atoms with Crippen LogP contribution >= 0.6 is 0 Å². The van der Waals surface area contributed by atoms with E-state index < -0.39 is 0 Å².